The predicted octanol–water partition coefficient (Wildman–Crippen LogP) is 4.12. The first-order valence-electron chi connectivity index (χ1n) is 14.8. The Morgan fingerprint density at radius 1 is 1.02 bits per heavy atom. The van der Waals surface area contributed by atoms with E-state index in [0.29, 0.717) is 29.8 Å². The lowest BCUT2D eigenvalue weighted by Crippen LogP contribution is -2.53. The maximum Gasteiger partial charge on any atom is 0.263 e. The molecule has 1 aliphatic carbocycles. The highest BCUT2D eigenvalue weighted by molar-refractivity contribution is 7.89. The topological polar surface area (TPSA) is 138 Å². The number of pyridine rings is 1. The molecule has 2 N–H and O–H groups in total. The molecule has 1 unspecified atom stereocenters. The Bertz CT molecular complexity index is 1540. The number of Topliss-reactive ketones (excluding diaryl/α,β-unsaturated/α-hetero) is 1. The molecule has 1 aliphatic heterocycles. The summed E-state index contributed by atoms with van der Waals surface area (Å²) in [5.74, 6) is -0.897. The Labute approximate surface area is 256 Å². The number of amides is 2. The number of ketones is 1. The van der Waals surface area contributed by atoms with Gasteiger partial charge in [0.05, 0.1) is 18.3 Å². The molecule has 3 heterocycles. The molecule has 2 atom stereocenters. The van der Waals surface area contributed by atoms with Gasteiger partial charge in [-0.2, -0.15) is 4.31 Å². The van der Waals surface area contributed by atoms with Crippen LogP contribution in [0.1, 0.15) is 66.7 Å². The summed E-state index contributed by atoms with van der Waals surface area (Å²) in [6.45, 7) is 1.57. The number of hydrogen-bond donors (Lipinski definition) is 2. The minimum atomic E-state index is -3.95. The highest BCUT2D eigenvalue weighted by atomic mass is 32.2. The zero-order chi connectivity index (χ0) is 30.4. The Balaban J connectivity index is 1.29. The van der Waals surface area contributed by atoms with Gasteiger partial charge in [0.2, 0.25) is 5.91 Å². The first-order valence-corrected chi connectivity index (χ1v) is 17.1. The molecular formula is C31H37N5O5S2. The van der Waals surface area contributed by atoms with E-state index in [1.54, 1.807) is 19.1 Å². The number of carbonyl (C=O) groups excluding carboxylic acids is 3. The van der Waals surface area contributed by atoms with Gasteiger partial charge in [-0.1, -0.05) is 68.5 Å². The molecule has 0 spiro atoms. The summed E-state index contributed by atoms with van der Waals surface area (Å²) < 4.78 is 27.3. The summed E-state index contributed by atoms with van der Waals surface area (Å²) in [6.07, 6.45) is 7.87. The van der Waals surface area contributed by atoms with Crippen molar-refractivity contribution in [2.45, 2.75) is 75.4 Å². The first kappa shape index (κ1) is 31.0. The molecule has 3 aromatic rings. The summed E-state index contributed by atoms with van der Waals surface area (Å²) in [7, 11) is -3.95. The fraction of sp³-hybridized carbons (Fsp3) is 0.452. The summed E-state index contributed by atoms with van der Waals surface area (Å²) in [6, 6.07) is 12.5. The minimum Gasteiger partial charge on any atom is -0.344 e. The molecule has 0 bridgehead atoms. The van der Waals surface area contributed by atoms with Gasteiger partial charge < -0.3 is 10.6 Å². The molecule has 1 saturated heterocycles. The van der Waals surface area contributed by atoms with Gasteiger partial charge in [-0.15, -0.1) is 11.3 Å². The number of thiazole rings is 1. The van der Waals surface area contributed by atoms with Crippen LogP contribution < -0.4 is 10.6 Å². The average molecular weight is 624 g/mol. The zero-order valence-corrected chi connectivity index (χ0v) is 25.8. The second-order valence-electron chi connectivity index (χ2n) is 11.2. The van der Waals surface area contributed by atoms with E-state index in [2.05, 4.69) is 20.6 Å². The van der Waals surface area contributed by atoms with E-state index in [9.17, 15) is 22.8 Å². The van der Waals surface area contributed by atoms with E-state index in [4.69, 9.17) is 0 Å². The Morgan fingerprint density at radius 3 is 2.49 bits per heavy atom. The summed E-state index contributed by atoms with van der Waals surface area (Å²) in [5.41, 5.74) is 1.50. The van der Waals surface area contributed by atoms with Gasteiger partial charge in [-0.3, -0.25) is 14.4 Å². The molecule has 2 fully saturated rings. The van der Waals surface area contributed by atoms with Gasteiger partial charge in [0.1, 0.15) is 15.9 Å². The quantitative estimate of drug-likeness (QED) is 0.366. The molecule has 2 aromatic heterocycles. The number of rotatable bonds is 9. The summed E-state index contributed by atoms with van der Waals surface area (Å²) in [5, 5.41) is 6.43. The maximum atomic E-state index is 13.7. The van der Waals surface area contributed by atoms with Crippen molar-refractivity contribution in [2.75, 3.05) is 13.1 Å². The molecule has 228 valence electrons. The Kier molecular flexibility index (Phi) is 9.99. The third-order valence-corrected chi connectivity index (χ3v) is 11.1. The molecule has 10 nitrogen and oxygen atoms in total. The molecule has 2 aliphatic rings. The molecule has 12 heteroatoms. The van der Waals surface area contributed by atoms with Crippen molar-refractivity contribution < 1.29 is 22.8 Å². The molecule has 1 aromatic carbocycles. The number of nitrogens with zero attached hydrogens (tertiary/aromatic N) is 3. The highest BCUT2D eigenvalue weighted by Crippen LogP contribution is 2.30. The fourth-order valence-corrected chi connectivity index (χ4v) is 8.13. The van der Waals surface area contributed by atoms with Crippen molar-refractivity contribution >= 4 is 39.0 Å². The van der Waals surface area contributed by atoms with Crippen molar-refractivity contribution in [2.24, 2.45) is 5.92 Å². The zero-order valence-electron chi connectivity index (χ0n) is 24.2. The number of carbonyl (C=O) groups is 3. The number of nitrogens with one attached hydrogen (secondary N) is 2. The van der Waals surface area contributed by atoms with Crippen LogP contribution >= 0.6 is 11.3 Å². The lowest BCUT2D eigenvalue weighted by atomic mass is 9.84. The molecule has 1 saturated carbocycles. The van der Waals surface area contributed by atoms with E-state index in [-0.39, 0.29) is 35.7 Å². The average Bonchev–Trinajstić information content (AvgIpc) is 3.32. The van der Waals surface area contributed by atoms with E-state index < -0.39 is 28.0 Å². The lowest BCUT2D eigenvalue weighted by Gasteiger charge is -2.27. The standard InChI is InChI=1S/C31H37N5O5S2/c1-21-28(42-31(33-21)23-13-6-3-7-14-23)30(39)35-25(19-22-11-4-2-5-12-22)29(38)34-24-15-10-18-36(20-26(24)37)43(40,41)27-16-8-9-17-32-27/h3,6-9,13-14,16-17,22,24-25H,2,4-5,10-12,15,18-20H2,1H3,(H,34,38)(H,35,39)/t24?,25-/m0/s1. The first-order chi connectivity index (χ1) is 20.7. The normalized spacial score (nSPS) is 19.4. The van der Waals surface area contributed by atoms with Crippen molar-refractivity contribution in [3.63, 3.8) is 0 Å². The van der Waals surface area contributed by atoms with Crippen LogP contribution in [0.15, 0.2) is 59.8 Å². The van der Waals surface area contributed by atoms with Crippen LogP contribution in [-0.4, -0.2) is 65.5 Å². The summed E-state index contributed by atoms with van der Waals surface area (Å²) >= 11 is 1.28. The third-order valence-electron chi connectivity index (χ3n) is 8.12. The SMILES string of the molecule is Cc1nc(-c2ccccc2)sc1C(=O)N[C@@H](CC1CCCCC1)C(=O)NC1CCCN(S(=O)(=O)c2ccccn2)CC1=O. The Morgan fingerprint density at radius 2 is 1.77 bits per heavy atom. The monoisotopic (exact) mass is 623 g/mol. The van der Waals surface area contributed by atoms with Crippen LogP contribution in [0.4, 0.5) is 0 Å². The van der Waals surface area contributed by atoms with Crippen LogP contribution in [0, 0.1) is 12.8 Å². The number of hydrogen-bond acceptors (Lipinski definition) is 8. The highest BCUT2D eigenvalue weighted by Gasteiger charge is 2.35. The van der Waals surface area contributed by atoms with Crippen molar-refractivity contribution in [1.29, 1.82) is 0 Å². The molecule has 2 amide bonds. The van der Waals surface area contributed by atoms with Gasteiger partial charge in [0, 0.05) is 18.3 Å². The van der Waals surface area contributed by atoms with E-state index in [1.165, 1.54) is 23.6 Å². The number of aromatic nitrogens is 2. The fourth-order valence-electron chi connectivity index (χ4n) is 5.78. The van der Waals surface area contributed by atoms with Crippen molar-refractivity contribution in [3.8, 4) is 10.6 Å². The van der Waals surface area contributed by atoms with Crippen LogP contribution in [-0.2, 0) is 19.6 Å². The van der Waals surface area contributed by atoms with Crippen molar-refractivity contribution in [3.05, 3.63) is 65.3 Å². The molecule has 5 rings (SSSR count). The number of sulfonamides is 1. The van der Waals surface area contributed by atoms with E-state index in [1.807, 2.05) is 30.3 Å². The number of benzene rings is 1. The number of aryl methyl sites for hydroxylation is 1. The largest absolute Gasteiger partial charge is 0.344 e. The smallest absolute Gasteiger partial charge is 0.263 e. The van der Waals surface area contributed by atoms with E-state index in [0.717, 1.165) is 47.0 Å². The molecular weight excluding hydrogens is 587 g/mol. The second-order valence-corrected chi connectivity index (χ2v) is 14.1. The molecule has 0 radical (unpaired) electrons. The van der Waals surface area contributed by atoms with Gasteiger partial charge >= 0.3 is 0 Å². The van der Waals surface area contributed by atoms with Gasteiger partial charge in [0.25, 0.3) is 15.9 Å². The van der Waals surface area contributed by atoms with Crippen LogP contribution in [0.25, 0.3) is 10.6 Å². The minimum absolute atomic E-state index is 0.116. The van der Waals surface area contributed by atoms with Gasteiger partial charge in [-0.25, -0.2) is 18.4 Å². The van der Waals surface area contributed by atoms with Crippen LogP contribution in [0.5, 0.6) is 0 Å². The lowest BCUT2D eigenvalue weighted by molar-refractivity contribution is -0.129. The maximum absolute atomic E-state index is 13.7. The Hall–Kier alpha value is -3.48. The third kappa shape index (κ3) is 7.54. The molecule has 43 heavy (non-hydrogen) atoms. The predicted molar refractivity (Wildman–Crippen MR) is 164 cm³/mol. The summed E-state index contributed by atoms with van der Waals surface area (Å²) in [4.78, 5) is 49.4. The van der Waals surface area contributed by atoms with Crippen molar-refractivity contribution in [1.82, 2.24) is 24.9 Å². The second kappa shape index (κ2) is 13.9. The van der Waals surface area contributed by atoms with Gasteiger partial charge in [0.15, 0.2) is 10.8 Å². The van der Waals surface area contributed by atoms with Gasteiger partial charge in [-0.05, 0) is 44.2 Å². The van der Waals surface area contributed by atoms with Crippen LogP contribution in [0.2, 0.25) is 0 Å². The van der Waals surface area contributed by atoms with Crippen LogP contribution in [0.3, 0.4) is 0 Å². The van der Waals surface area contributed by atoms with E-state index >= 15 is 0 Å².